The molecule has 0 unspecified atom stereocenters. The van der Waals surface area contributed by atoms with E-state index >= 15 is 0 Å². The summed E-state index contributed by atoms with van der Waals surface area (Å²) in [4.78, 5) is 23.6. The zero-order chi connectivity index (χ0) is 14.7. The number of hydrogen-bond acceptors (Lipinski definition) is 4. The first-order valence-corrected chi connectivity index (χ1v) is 6.38. The first-order chi connectivity index (χ1) is 9.55. The van der Waals surface area contributed by atoms with Crippen LogP contribution in [0.25, 0.3) is 0 Å². The van der Waals surface area contributed by atoms with Crippen LogP contribution in [0, 0.1) is 11.8 Å². The fourth-order valence-electron chi connectivity index (χ4n) is 1.91. The van der Waals surface area contributed by atoms with Gasteiger partial charge in [0.25, 0.3) is 5.91 Å². The van der Waals surface area contributed by atoms with Gasteiger partial charge in [0.1, 0.15) is 11.5 Å². The highest BCUT2D eigenvalue weighted by Gasteiger charge is 2.39. The number of ether oxygens (including phenoxy) is 2. The Hall–Kier alpha value is -2.24. The highest BCUT2D eigenvalue weighted by molar-refractivity contribution is 5.96. The zero-order valence-electron chi connectivity index (χ0n) is 11.7. The molecule has 2 rings (SSSR count). The van der Waals surface area contributed by atoms with E-state index in [2.05, 4.69) is 10.9 Å². The topological polar surface area (TPSA) is 76.7 Å². The number of carbonyl (C=O) groups is 2. The van der Waals surface area contributed by atoms with Crippen molar-refractivity contribution in [3.8, 4) is 11.5 Å². The summed E-state index contributed by atoms with van der Waals surface area (Å²) in [6.07, 6.45) is 0.870. The van der Waals surface area contributed by atoms with Crippen LogP contribution >= 0.6 is 0 Å². The molecule has 0 saturated heterocycles. The minimum absolute atomic E-state index is 0.00939. The van der Waals surface area contributed by atoms with Crippen molar-refractivity contribution in [1.29, 1.82) is 0 Å². The van der Waals surface area contributed by atoms with Gasteiger partial charge in [-0.25, -0.2) is 0 Å². The number of benzene rings is 1. The lowest BCUT2D eigenvalue weighted by Crippen LogP contribution is -2.42. The number of hydrazine groups is 1. The van der Waals surface area contributed by atoms with Crippen molar-refractivity contribution < 1.29 is 19.1 Å². The van der Waals surface area contributed by atoms with Gasteiger partial charge in [0, 0.05) is 17.5 Å². The summed E-state index contributed by atoms with van der Waals surface area (Å²) in [5.41, 5.74) is 5.17. The third kappa shape index (κ3) is 3.20. The molecule has 1 aliphatic carbocycles. The molecule has 1 aliphatic rings. The van der Waals surface area contributed by atoms with E-state index in [1.165, 1.54) is 14.2 Å². The van der Waals surface area contributed by atoms with Gasteiger partial charge in [-0.1, -0.05) is 6.92 Å². The Morgan fingerprint density at radius 2 is 1.65 bits per heavy atom. The number of carbonyl (C=O) groups excluding carboxylic acids is 2. The third-order valence-corrected chi connectivity index (χ3v) is 3.36. The fraction of sp³-hybridized carbons (Fsp3) is 0.429. The highest BCUT2D eigenvalue weighted by Crippen LogP contribution is 2.37. The minimum atomic E-state index is -0.413. The van der Waals surface area contributed by atoms with E-state index in [4.69, 9.17) is 9.47 Å². The molecule has 0 aliphatic heterocycles. The first kappa shape index (κ1) is 14.2. The Morgan fingerprint density at radius 3 is 2.10 bits per heavy atom. The number of nitrogens with one attached hydrogen (secondary N) is 2. The van der Waals surface area contributed by atoms with E-state index in [0.717, 1.165) is 6.42 Å². The SMILES string of the molecule is COc1cc(OC)cc(C(=O)NNC(=O)[C@@H]2C[C@H]2C)c1. The Balaban J connectivity index is 1.99. The zero-order valence-corrected chi connectivity index (χ0v) is 11.7. The van der Waals surface area contributed by atoms with Crippen molar-refractivity contribution in [3.05, 3.63) is 23.8 Å². The van der Waals surface area contributed by atoms with Crippen LogP contribution in [0.4, 0.5) is 0 Å². The molecular formula is C14H18N2O4. The van der Waals surface area contributed by atoms with Crippen molar-refractivity contribution in [3.63, 3.8) is 0 Å². The molecule has 0 heterocycles. The van der Waals surface area contributed by atoms with Gasteiger partial charge < -0.3 is 9.47 Å². The molecule has 6 nitrogen and oxygen atoms in total. The van der Waals surface area contributed by atoms with Crippen LogP contribution in [0.15, 0.2) is 18.2 Å². The summed E-state index contributed by atoms with van der Waals surface area (Å²) in [7, 11) is 3.01. The normalized spacial score (nSPS) is 19.9. The van der Waals surface area contributed by atoms with Gasteiger partial charge in [-0.05, 0) is 24.5 Å². The van der Waals surface area contributed by atoms with Gasteiger partial charge in [-0.15, -0.1) is 0 Å². The highest BCUT2D eigenvalue weighted by atomic mass is 16.5. The summed E-state index contributed by atoms with van der Waals surface area (Å²) in [5, 5.41) is 0. The number of methoxy groups -OCH3 is 2. The van der Waals surface area contributed by atoms with Crippen LogP contribution in [-0.2, 0) is 4.79 Å². The van der Waals surface area contributed by atoms with Crippen LogP contribution in [0.5, 0.6) is 11.5 Å². The maximum absolute atomic E-state index is 12.0. The van der Waals surface area contributed by atoms with E-state index in [9.17, 15) is 9.59 Å². The molecule has 1 fully saturated rings. The first-order valence-electron chi connectivity index (χ1n) is 6.38. The van der Waals surface area contributed by atoms with Crippen LogP contribution in [0.3, 0.4) is 0 Å². The standard InChI is InChI=1S/C14H18N2O4/c1-8-4-12(8)14(18)16-15-13(17)9-5-10(19-2)7-11(6-9)20-3/h5-8,12H,4H2,1-3H3,(H,15,17)(H,16,18)/t8-,12-/m1/s1. The molecule has 1 aromatic rings. The molecular weight excluding hydrogens is 260 g/mol. The molecule has 0 radical (unpaired) electrons. The lowest BCUT2D eigenvalue weighted by molar-refractivity contribution is -0.123. The van der Waals surface area contributed by atoms with Crippen molar-refractivity contribution in [2.45, 2.75) is 13.3 Å². The molecule has 0 aromatic heterocycles. The van der Waals surface area contributed by atoms with E-state index in [1.54, 1.807) is 18.2 Å². The predicted octanol–water partition coefficient (Wildman–Crippen LogP) is 1.12. The van der Waals surface area contributed by atoms with Gasteiger partial charge in [0.15, 0.2) is 0 Å². The largest absolute Gasteiger partial charge is 0.497 e. The Labute approximate surface area is 117 Å². The van der Waals surface area contributed by atoms with Gasteiger partial charge in [0.05, 0.1) is 14.2 Å². The molecule has 0 bridgehead atoms. The second-order valence-electron chi connectivity index (χ2n) is 4.86. The average molecular weight is 278 g/mol. The maximum atomic E-state index is 12.0. The van der Waals surface area contributed by atoms with E-state index in [1.807, 2.05) is 6.92 Å². The van der Waals surface area contributed by atoms with Crippen LogP contribution in [0.1, 0.15) is 23.7 Å². The molecule has 6 heteroatoms. The lowest BCUT2D eigenvalue weighted by atomic mass is 10.2. The molecule has 2 atom stereocenters. The van der Waals surface area contributed by atoms with E-state index in [0.29, 0.717) is 23.0 Å². The molecule has 0 spiro atoms. The number of amides is 2. The van der Waals surface area contributed by atoms with Gasteiger partial charge in [-0.2, -0.15) is 0 Å². The monoisotopic (exact) mass is 278 g/mol. The molecule has 108 valence electrons. The maximum Gasteiger partial charge on any atom is 0.269 e. The Morgan fingerprint density at radius 1 is 1.10 bits per heavy atom. The Bertz CT molecular complexity index is 508. The second-order valence-corrected chi connectivity index (χ2v) is 4.86. The Kier molecular flexibility index (Phi) is 4.12. The molecule has 2 N–H and O–H groups in total. The third-order valence-electron chi connectivity index (χ3n) is 3.36. The molecule has 2 amide bonds. The summed E-state index contributed by atoms with van der Waals surface area (Å²) >= 11 is 0. The van der Waals surface area contributed by atoms with E-state index in [-0.39, 0.29) is 11.8 Å². The second kappa shape index (κ2) is 5.81. The van der Waals surface area contributed by atoms with Crippen molar-refractivity contribution in [2.24, 2.45) is 11.8 Å². The quantitative estimate of drug-likeness (QED) is 0.809. The average Bonchev–Trinajstić information content (AvgIpc) is 3.20. The van der Waals surface area contributed by atoms with Crippen LogP contribution in [-0.4, -0.2) is 26.0 Å². The summed E-state index contributed by atoms with van der Waals surface area (Å²) in [6.45, 7) is 2.00. The van der Waals surface area contributed by atoms with Crippen molar-refractivity contribution in [1.82, 2.24) is 10.9 Å². The molecule has 1 aromatic carbocycles. The van der Waals surface area contributed by atoms with Crippen LogP contribution < -0.4 is 20.3 Å². The predicted molar refractivity (Wildman–Crippen MR) is 72.4 cm³/mol. The van der Waals surface area contributed by atoms with Gasteiger partial charge in [0.2, 0.25) is 5.91 Å². The van der Waals surface area contributed by atoms with E-state index < -0.39 is 5.91 Å². The fourth-order valence-corrected chi connectivity index (χ4v) is 1.91. The summed E-state index contributed by atoms with van der Waals surface area (Å²) in [6, 6.07) is 4.81. The number of hydrogen-bond donors (Lipinski definition) is 2. The molecule has 20 heavy (non-hydrogen) atoms. The minimum Gasteiger partial charge on any atom is -0.497 e. The summed E-state index contributed by atoms with van der Waals surface area (Å²) < 4.78 is 10.2. The van der Waals surface area contributed by atoms with Crippen molar-refractivity contribution >= 4 is 11.8 Å². The molecule has 1 saturated carbocycles. The van der Waals surface area contributed by atoms with Crippen molar-refractivity contribution in [2.75, 3.05) is 14.2 Å². The number of rotatable bonds is 4. The van der Waals surface area contributed by atoms with Gasteiger partial charge >= 0.3 is 0 Å². The van der Waals surface area contributed by atoms with Gasteiger partial charge in [-0.3, -0.25) is 20.4 Å². The van der Waals surface area contributed by atoms with Crippen LogP contribution in [0.2, 0.25) is 0 Å². The summed E-state index contributed by atoms with van der Waals surface area (Å²) in [5.74, 6) is 0.858. The lowest BCUT2D eigenvalue weighted by Gasteiger charge is -2.10. The smallest absolute Gasteiger partial charge is 0.269 e.